The number of aryl methyl sites for hydroxylation is 1. The zero-order valence-corrected chi connectivity index (χ0v) is 18.8. The first kappa shape index (κ1) is 21.7. The molecule has 1 atom stereocenters. The van der Waals surface area contributed by atoms with Gasteiger partial charge in [-0.1, -0.05) is 23.4 Å². The van der Waals surface area contributed by atoms with Crippen LogP contribution in [-0.4, -0.2) is 29.7 Å². The first-order valence-electron chi connectivity index (χ1n) is 10.6. The standard InChI is InChI=1S/C24H19N9O2/c1-13(30-22-16(9-25)10-29-24(26)31-22)19-8-15-4-3-5-18(17-11-27-14(2)28-12-17)21(15)23(34)33(19)20-6-7-35-32-20/h3-8,10-13H,1-2H3,(H3,26,29,30,31). The molecule has 3 N–H and O–H groups in total. The van der Waals surface area contributed by atoms with Crippen molar-refractivity contribution in [2.75, 3.05) is 11.1 Å². The Labute approximate surface area is 198 Å². The first-order valence-corrected chi connectivity index (χ1v) is 10.6. The van der Waals surface area contributed by atoms with Crippen molar-refractivity contribution in [2.24, 2.45) is 0 Å². The molecule has 0 aliphatic heterocycles. The van der Waals surface area contributed by atoms with Crippen LogP contribution in [0, 0.1) is 18.3 Å². The van der Waals surface area contributed by atoms with Crippen LogP contribution < -0.4 is 16.6 Å². The van der Waals surface area contributed by atoms with Crippen molar-refractivity contribution in [2.45, 2.75) is 19.9 Å². The Hall–Kier alpha value is -5.11. The molecular weight excluding hydrogens is 446 g/mol. The van der Waals surface area contributed by atoms with Crippen LogP contribution in [0.3, 0.4) is 0 Å². The largest absolute Gasteiger partial charge is 0.368 e. The minimum Gasteiger partial charge on any atom is -0.368 e. The summed E-state index contributed by atoms with van der Waals surface area (Å²) >= 11 is 0. The summed E-state index contributed by atoms with van der Waals surface area (Å²) in [5.74, 6) is 1.24. The van der Waals surface area contributed by atoms with Crippen molar-refractivity contribution < 1.29 is 4.52 Å². The number of pyridine rings is 1. The third-order valence-corrected chi connectivity index (χ3v) is 5.55. The summed E-state index contributed by atoms with van der Waals surface area (Å²) in [6.07, 6.45) is 6.13. The summed E-state index contributed by atoms with van der Waals surface area (Å²) in [7, 11) is 0. The number of benzene rings is 1. The number of rotatable bonds is 5. The van der Waals surface area contributed by atoms with Gasteiger partial charge in [-0.05, 0) is 30.9 Å². The molecule has 5 aromatic rings. The molecule has 0 saturated carbocycles. The molecular formula is C24H19N9O2. The Morgan fingerprint density at radius 3 is 2.69 bits per heavy atom. The smallest absolute Gasteiger partial charge is 0.265 e. The molecule has 11 nitrogen and oxygen atoms in total. The third kappa shape index (κ3) is 3.93. The Balaban J connectivity index is 1.72. The average Bonchev–Trinajstić information content (AvgIpc) is 3.38. The van der Waals surface area contributed by atoms with Crippen molar-refractivity contribution in [1.29, 1.82) is 5.26 Å². The molecule has 0 aliphatic carbocycles. The van der Waals surface area contributed by atoms with E-state index in [1.807, 2.05) is 37.3 Å². The van der Waals surface area contributed by atoms with Gasteiger partial charge < -0.3 is 15.6 Å². The quantitative estimate of drug-likeness (QED) is 0.394. The second-order valence-corrected chi connectivity index (χ2v) is 7.82. The van der Waals surface area contributed by atoms with Crippen LogP contribution in [0.4, 0.5) is 11.8 Å². The fourth-order valence-electron chi connectivity index (χ4n) is 3.90. The molecule has 4 heterocycles. The summed E-state index contributed by atoms with van der Waals surface area (Å²) in [6.45, 7) is 3.64. The second kappa shape index (κ2) is 8.68. The van der Waals surface area contributed by atoms with Gasteiger partial charge >= 0.3 is 0 Å². The van der Waals surface area contributed by atoms with E-state index in [0.717, 1.165) is 10.9 Å². The zero-order chi connectivity index (χ0) is 24.5. The number of hydrogen-bond acceptors (Lipinski definition) is 10. The van der Waals surface area contributed by atoms with Gasteiger partial charge in [-0.25, -0.2) is 15.0 Å². The number of nitrogens with one attached hydrogen (secondary N) is 1. The molecule has 0 saturated heterocycles. The van der Waals surface area contributed by atoms with Crippen LogP contribution in [0.25, 0.3) is 27.7 Å². The molecule has 1 unspecified atom stereocenters. The molecule has 5 rings (SSSR count). The average molecular weight is 465 g/mol. The Bertz CT molecular complexity index is 1640. The lowest BCUT2D eigenvalue weighted by molar-refractivity contribution is 0.415. The fraction of sp³-hybridized carbons (Fsp3) is 0.125. The lowest BCUT2D eigenvalue weighted by atomic mass is 9.99. The van der Waals surface area contributed by atoms with Crippen molar-refractivity contribution in [1.82, 2.24) is 29.7 Å². The molecule has 35 heavy (non-hydrogen) atoms. The molecule has 0 amide bonds. The predicted octanol–water partition coefficient (Wildman–Crippen LogP) is 3.16. The second-order valence-electron chi connectivity index (χ2n) is 7.82. The van der Waals surface area contributed by atoms with E-state index in [-0.39, 0.29) is 22.9 Å². The maximum atomic E-state index is 14.0. The van der Waals surface area contributed by atoms with Crippen molar-refractivity contribution in [3.63, 3.8) is 0 Å². The van der Waals surface area contributed by atoms with E-state index in [0.29, 0.717) is 28.3 Å². The monoisotopic (exact) mass is 465 g/mol. The number of nitriles is 1. The van der Waals surface area contributed by atoms with E-state index in [1.165, 1.54) is 17.0 Å². The number of nitrogens with two attached hydrogens (primary N) is 1. The summed E-state index contributed by atoms with van der Waals surface area (Å²) in [5.41, 5.74) is 7.66. The molecule has 0 spiro atoms. The van der Waals surface area contributed by atoms with Gasteiger partial charge in [-0.15, -0.1) is 0 Å². The Kier molecular flexibility index (Phi) is 5.39. The molecule has 0 radical (unpaired) electrons. The van der Waals surface area contributed by atoms with Gasteiger partial charge in [0.1, 0.15) is 29.5 Å². The molecule has 11 heteroatoms. The highest BCUT2D eigenvalue weighted by Gasteiger charge is 2.21. The van der Waals surface area contributed by atoms with Crippen molar-refractivity contribution >= 4 is 22.5 Å². The van der Waals surface area contributed by atoms with Crippen molar-refractivity contribution in [3.05, 3.63) is 82.6 Å². The molecule has 172 valence electrons. The van der Waals surface area contributed by atoms with E-state index in [9.17, 15) is 10.1 Å². The number of nitrogens with zero attached hydrogens (tertiary/aromatic N) is 7. The van der Waals surface area contributed by atoms with E-state index in [2.05, 4.69) is 30.4 Å². The van der Waals surface area contributed by atoms with E-state index < -0.39 is 6.04 Å². The van der Waals surface area contributed by atoms with Gasteiger partial charge in [0, 0.05) is 24.0 Å². The van der Waals surface area contributed by atoms with Gasteiger partial charge in [0.05, 0.1) is 23.3 Å². The van der Waals surface area contributed by atoms with E-state index >= 15 is 0 Å². The van der Waals surface area contributed by atoms with Crippen LogP contribution in [0.1, 0.15) is 30.0 Å². The van der Waals surface area contributed by atoms with E-state index in [4.69, 9.17) is 10.3 Å². The van der Waals surface area contributed by atoms with E-state index in [1.54, 1.807) is 25.4 Å². The fourth-order valence-corrected chi connectivity index (χ4v) is 3.90. The number of aromatic nitrogens is 6. The van der Waals surface area contributed by atoms with Gasteiger partial charge in [0.25, 0.3) is 5.56 Å². The predicted molar refractivity (Wildman–Crippen MR) is 129 cm³/mol. The first-order chi connectivity index (χ1) is 17.0. The minimum absolute atomic E-state index is 0.0241. The minimum atomic E-state index is -0.475. The number of anilines is 2. The zero-order valence-electron chi connectivity index (χ0n) is 18.8. The molecule has 0 bridgehead atoms. The molecule has 1 aromatic carbocycles. The highest BCUT2D eigenvalue weighted by Crippen LogP contribution is 2.29. The van der Waals surface area contributed by atoms with Crippen LogP contribution in [0.5, 0.6) is 0 Å². The normalized spacial score (nSPS) is 11.8. The van der Waals surface area contributed by atoms with Crippen LogP contribution in [0.15, 0.2) is 64.5 Å². The topological polar surface area (TPSA) is 161 Å². The molecule has 4 aromatic heterocycles. The van der Waals surface area contributed by atoms with Crippen LogP contribution >= 0.6 is 0 Å². The summed E-state index contributed by atoms with van der Waals surface area (Å²) in [5, 5.41) is 17.8. The number of hydrogen-bond donors (Lipinski definition) is 2. The van der Waals surface area contributed by atoms with Gasteiger partial charge in [-0.2, -0.15) is 10.2 Å². The Morgan fingerprint density at radius 1 is 1.17 bits per heavy atom. The summed E-state index contributed by atoms with van der Waals surface area (Å²) in [4.78, 5) is 30.5. The van der Waals surface area contributed by atoms with Gasteiger partial charge in [-0.3, -0.25) is 9.36 Å². The van der Waals surface area contributed by atoms with Gasteiger partial charge in [0.15, 0.2) is 5.82 Å². The summed E-state index contributed by atoms with van der Waals surface area (Å²) < 4.78 is 6.51. The summed E-state index contributed by atoms with van der Waals surface area (Å²) in [6, 6.07) is 10.6. The highest BCUT2D eigenvalue weighted by molar-refractivity contribution is 5.96. The maximum Gasteiger partial charge on any atom is 0.265 e. The number of nitrogen functional groups attached to an aromatic ring is 1. The third-order valence-electron chi connectivity index (χ3n) is 5.55. The number of fused-ring (bicyclic) bond motifs is 1. The Morgan fingerprint density at radius 2 is 1.97 bits per heavy atom. The lowest BCUT2D eigenvalue weighted by Gasteiger charge is -2.21. The SMILES string of the molecule is Cc1ncc(-c2cccc3cc(C(C)Nc4nc(N)ncc4C#N)n(-c4ccon4)c(=O)c23)cn1. The highest BCUT2D eigenvalue weighted by atomic mass is 16.5. The van der Waals surface area contributed by atoms with Gasteiger partial charge in [0.2, 0.25) is 5.95 Å². The lowest BCUT2D eigenvalue weighted by Crippen LogP contribution is -2.26. The molecule has 0 aliphatic rings. The van der Waals surface area contributed by atoms with Crippen LogP contribution in [0.2, 0.25) is 0 Å². The van der Waals surface area contributed by atoms with Crippen molar-refractivity contribution in [3.8, 4) is 23.0 Å². The van der Waals surface area contributed by atoms with Crippen LogP contribution in [-0.2, 0) is 0 Å². The maximum absolute atomic E-state index is 14.0. The molecule has 0 fully saturated rings.